The highest BCUT2D eigenvalue weighted by molar-refractivity contribution is 6.33. The van der Waals surface area contributed by atoms with Gasteiger partial charge < -0.3 is 9.30 Å². The summed E-state index contributed by atoms with van der Waals surface area (Å²) in [6.07, 6.45) is 1.47. The van der Waals surface area contributed by atoms with E-state index in [9.17, 15) is 4.79 Å². The van der Waals surface area contributed by atoms with Gasteiger partial charge in [-0.05, 0) is 19.1 Å². The number of esters is 1. The van der Waals surface area contributed by atoms with Crippen molar-refractivity contribution in [2.45, 2.75) is 6.92 Å². The highest BCUT2D eigenvalue weighted by Gasteiger charge is 2.15. The van der Waals surface area contributed by atoms with Crippen molar-refractivity contribution in [2.75, 3.05) is 6.61 Å². The lowest BCUT2D eigenvalue weighted by Crippen LogP contribution is -2.06. The molecule has 5 heteroatoms. The van der Waals surface area contributed by atoms with Gasteiger partial charge in [0.25, 0.3) is 0 Å². The number of nitrogens with zero attached hydrogens (tertiary/aromatic N) is 2. The van der Waals surface area contributed by atoms with Crippen molar-refractivity contribution in [2.24, 2.45) is 7.05 Å². The second kappa shape index (κ2) is 5.81. The predicted molar refractivity (Wildman–Crippen MR) is 78.2 cm³/mol. The fourth-order valence-corrected chi connectivity index (χ4v) is 2.27. The zero-order chi connectivity index (χ0) is 14.7. The van der Waals surface area contributed by atoms with Crippen LogP contribution in [0.3, 0.4) is 0 Å². The first kappa shape index (κ1) is 14.2. The Balaban J connectivity index is 2.61. The molecule has 0 N–H and O–H groups in total. The number of carbonyl (C=O) groups is 1. The second-order valence-corrected chi connectivity index (χ2v) is 4.53. The van der Waals surface area contributed by atoms with Crippen LogP contribution in [0.15, 0.2) is 29.8 Å². The number of benzene rings is 1. The summed E-state index contributed by atoms with van der Waals surface area (Å²) < 4.78 is 6.65. The molecule has 0 aliphatic heterocycles. The minimum absolute atomic E-state index is 0.0647. The normalized spacial score (nSPS) is 11.4. The first-order valence-corrected chi connectivity index (χ1v) is 6.49. The van der Waals surface area contributed by atoms with Crippen molar-refractivity contribution in [1.82, 2.24) is 4.57 Å². The number of fused-ring (bicyclic) bond motifs is 1. The maximum Gasteiger partial charge on any atom is 0.348 e. The summed E-state index contributed by atoms with van der Waals surface area (Å²) in [6, 6.07) is 9.46. The van der Waals surface area contributed by atoms with E-state index in [1.165, 1.54) is 6.08 Å². The molecule has 0 spiro atoms. The average molecular weight is 289 g/mol. The Hall–Kier alpha value is -2.25. The summed E-state index contributed by atoms with van der Waals surface area (Å²) in [5.74, 6) is -0.640. The van der Waals surface area contributed by atoms with Gasteiger partial charge in [0, 0.05) is 23.5 Å². The monoisotopic (exact) mass is 288 g/mol. The number of hydrogen-bond acceptors (Lipinski definition) is 3. The number of ether oxygens (including phenoxy) is 1. The van der Waals surface area contributed by atoms with Gasteiger partial charge in [0.15, 0.2) is 0 Å². The third-order valence-electron chi connectivity index (χ3n) is 2.98. The Labute approximate surface area is 121 Å². The van der Waals surface area contributed by atoms with Gasteiger partial charge in [-0.1, -0.05) is 29.8 Å². The minimum atomic E-state index is -0.640. The van der Waals surface area contributed by atoms with Crippen molar-refractivity contribution in [3.8, 4) is 6.07 Å². The smallest absolute Gasteiger partial charge is 0.348 e. The van der Waals surface area contributed by atoms with Crippen LogP contribution in [0.2, 0.25) is 5.15 Å². The number of rotatable bonds is 3. The van der Waals surface area contributed by atoms with E-state index in [2.05, 4.69) is 0 Å². The van der Waals surface area contributed by atoms with Crippen LogP contribution in [0.25, 0.3) is 17.0 Å². The van der Waals surface area contributed by atoms with E-state index in [4.69, 9.17) is 21.6 Å². The van der Waals surface area contributed by atoms with Crippen molar-refractivity contribution in [3.05, 3.63) is 40.6 Å². The molecule has 0 saturated heterocycles. The number of halogens is 1. The maximum absolute atomic E-state index is 11.7. The number of aryl methyl sites for hydroxylation is 1. The molecular weight excluding hydrogens is 276 g/mol. The van der Waals surface area contributed by atoms with Crippen molar-refractivity contribution < 1.29 is 9.53 Å². The Morgan fingerprint density at radius 2 is 2.20 bits per heavy atom. The molecule has 1 heterocycles. The molecule has 0 aliphatic carbocycles. The second-order valence-electron chi connectivity index (χ2n) is 4.17. The first-order chi connectivity index (χ1) is 9.60. The van der Waals surface area contributed by atoms with Gasteiger partial charge >= 0.3 is 5.97 Å². The Kier molecular flexibility index (Phi) is 4.11. The van der Waals surface area contributed by atoms with Crippen LogP contribution in [0.4, 0.5) is 0 Å². The van der Waals surface area contributed by atoms with Gasteiger partial charge in [-0.15, -0.1) is 0 Å². The van der Waals surface area contributed by atoms with Crippen LogP contribution >= 0.6 is 11.6 Å². The lowest BCUT2D eigenvalue weighted by atomic mass is 10.1. The topological polar surface area (TPSA) is 55.0 Å². The molecule has 20 heavy (non-hydrogen) atoms. The van der Waals surface area contributed by atoms with E-state index < -0.39 is 5.97 Å². The van der Waals surface area contributed by atoms with Gasteiger partial charge in [-0.3, -0.25) is 0 Å². The van der Waals surface area contributed by atoms with E-state index in [0.717, 1.165) is 10.9 Å². The molecule has 0 saturated carbocycles. The molecule has 0 bridgehead atoms. The van der Waals surface area contributed by atoms with E-state index in [0.29, 0.717) is 10.7 Å². The van der Waals surface area contributed by atoms with Crippen LogP contribution in [0, 0.1) is 11.3 Å². The number of nitriles is 1. The van der Waals surface area contributed by atoms with E-state index >= 15 is 0 Å². The molecule has 4 nitrogen and oxygen atoms in total. The summed E-state index contributed by atoms with van der Waals surface area (Å²) in [7, 11) is 1.83. The summed E-state index contributed by atoms with van der Waals surface area (Å²) >= 11 is 6.28. The highest BCUT2D eigenvalue weighted by atomic mass is 35.5. The number of hydrogen-bond donors (Lipinski definition) is 0. The summed E-state index contributed by atoms with van der Waals surface area (Å²) in [5, 5.41) is 10.4. The molecule has 1 aromatic carbocycles. The van der Waals surface area contributed by atoms with E-state index in [1.807, 2.05) is 41.9 Å². The molecule has 0 atom stereocenters. The largest absolute Gasteiger partial charge is 0.462 e. The van der Waals surface area contributed by atoms with E-state index in [-0.39, 0.29) is 12.2 Å². The number of carbonyl (C=O) groups excluding carboxylic acids is 1. The van der Waals surface area contributed by atoms with Crippen molar-refractivity contribution in [3.63, 3.8) is 0 Å². The van der Waals surface area contributed by atoms with Crippen molar-refractivity contribution >= 4 is 34.5 Å². The molecule has 0 radical (unpaired) electrons. The summed E-state index contributed by atoms with van der Waals surface area (Å²) in [6.45, 7) is 1.92. The quantitative estimate of drug-likeness (QED) is 0.495. The van der Waals surface area contributed by atoms with Crippen LogP contribution < -0.4 is 0 Å². The molecule has 0 aliphatic rings. The average Bonchev–Trinajstić information content (AvgIpc) is 2.69. The first-order valence-electron chi connectivity index (χ1n) is 6.12. The zero-order valence-corrected chi connectivity index (χ0v) is 11.9. The van der Waals surface area contributed by atoms with Gasteiger partial charge in [0.2, 0.25) is 0 Å². The van der Waals surface area contributed by atoms with Crippen LogP contribution in [-0.2, 0) is 16.6 Å². The lowest BCUT2D eigenvalue weighted by molar-refractivity contribution is -0.137. The van der Waals surface area contributed by atoms with Gasteiger partial charge in [0.05, 0.1) is 6.61 Å². The van der Waals surface area contributed by atoms with Crippen molar-refractivity contribution in [1.29, 1.82) is 5.26 Å². The number of para-hydroxylation sites is 1. The molecular formula is C15H13ClN2O2. The fraction of sp³-hybridized carbons (Fsp3) is 0.200. The van der Waals surface area contributed by atoms with Crippen LogP contribution in [-0.4, -0.2) is 17.1 Å². The standard InChI is InChI=1S/C15H13ClN2O2/c1-3-20-15(19)10(9-17)8-12-11-6-4-5-7-13(11)18(2)14(12)16/h4-8H,3H2,1-2H3/b10-8-. The van der Waals surface area contributed by atoms with Crippen LogP contribution in [0.5, 0.6) is 0 Å². The van der Waals surface area contributed by atoms with Gasteiger partial charge in [0.1, 0.15) is 16.8 Å². The predicted octanol–water partition coefficient (Wildman–Crippen LogP) is 3.30. The van der Waals surface area contributed by atoms with Crippen LogP contribution in [0.1, 0.15) is 12.5 Å². The third-order valence-corrected chi connectivity index (χ3v) is 3.43. The Bertz CT molecular complexity index is 738. The summed E-state index contributed by atoms with van der Waals surface area (Å²) in [5.41, 5.74) is 1.52. The fourth-order valence-electron chi connectivity index (χ4n) is 2.02. The molecule has 0 amide bonds. The lowest BCUT2D eigenvalue weighted by Gasteiger charge is -1.99. The van der Waals surface area contributed by atoms with E-state index in [1.54, 1.807) is 6.92 Å². The molecule has 2 rings (SSSR count). The molecule has 102 valence electrons. The molecule has 1 aromatic heterocycles. The maximum atomic E-state index is 11.7. The third kappa shape index (κ3) is 2.40. The molecule has 0 fully saturated rings. The van der Waals surface area contributed by atoms with Gasteiger partial charge in [-0.25, -0.2) is 4.79 Å². The van der Waals surface area contributed by atoms with Gasteiger partial charge in [-0.2, -0.15) is 5.26 Å². The minimum Gasteiger partial charge on any atom is -0.462 e. The Morgan fingerprint density at radius 3 is 2.85 bits per heavy atom. The summed E-state index contributed by atoms with van der Waals surface area (Å²) in [4.78, 5) is 11.7. The highest BCUT2D eigenvalue weighted by Crippen LogP contribution is 2.30. The number of aromatic nitrogens is 1. The molecule has 2 aromatic rings. The SMILES string of the molecule is CCOC(=O)/C(C#N)=C\c1c(Cl)n(C)c2ccccc12. The zero-order valence-electron chi connectivity index (χ0n) is 11.2. The molecule has 0 unspecified atom stereocenters. The Morgan fingerprint density at radius 1 is 1.50 bits per heavy atom.